The number of nitrogens with zero attached hydrogens (tertiary/aromatic N) is 1. The van der Waals surface area contributed by atoms with Crippen LogP contribution in [-0.4, -0.2) is 31.1 Å². The third kappa shape index (κ3) is 4.27. The fourth-order valence-electron chi connectivity index (χ4n) is 3.54. The summed E-state index contributed by atoms with van der Waals surface area (Å²) < 4.78 is 13.9. The van der Waals surface area contributed by atoms with E-state index >= 15 is 0 Å². The van der Waals surface area contributed by atoms with E-state index in [1.807, 2.05) is 12.1 Å². The van der Waals surface area contributed by atoms with Crippen molar-refractivity contribution in [3.63, 3.8) is 0 Å². The van der Waals surface area contributed by atoms with Crippen LogP contribution >= 0.6 is 0 Å². The Balaban J connectivity index is 1.99. The zero-order valence-corrected chi connectivity index (χ0v) is 13.6. The van der Waals surface area contributed by atoms with Crippen LogP contribution in [0.2, 0.25) is 0 Å². The molecule has 3 atom stereocenters. The van der Waals surface area contributed by atoms with Crippen LogP contribution in [0.5, 0.6) is 0 Å². The molecular weight excluding hydrogens is 263 g/mol. The van der Waals surface area contributed by atoms with Crippen LogP contribution in [0.1, 0.15) is 51.1 Å². The van der Waals surface area contributed by atoms with Crippen molar-refractivity contribution >= 4 is 0 Å². The molecule has 1 fully saturated rings. The van der Waals surface area contributed by atoms with Gasteiger partial charge in [0.05, 0.1) is 0 Å². The molecule has 0 aromatic heterocycles. The van der Waals surface area contributed by atoms with Gasteiger partial charge in [0, 0.05) is 24.2 Å². The molecule has 0 radical (unpaired) electrons. The molecule has 3 heteroatoms. The smallest absolute Gasteiger partial charge is 0.127 e. The zero-order valence-electron chi connectivity index (χ0n) is 13.6. The van der Waals surface area contributed by atoms with Crippen LogP contribution in [0.15, 0.2) is 24.3 Å². The first-order valence-corrected chi connectivity index (χ1v) is 8.31. The topological polar surface area (TPSA) is 15.3 Å². The third-order valence-corrected chi connectivity index (χ3v) is 4.91. The van der Waals surface area contributed by atoms with Crippen molar-refractivity contribution in [2.45, 2.75) is 51.6 Å². The first-order chi connectivity index (χ1) is 10.1. The second-order valence-electron chi connectivity index (χ2n) is 6.35. The maximum atomic E-state index is 13.9. The van der Waals surface area contributed by atoms with Crippen LogP contribution in [0.4, 0.5) is 4.39 Å². The average Bonchev–Trinajstić information content (AvgIpc) is 2.49. The highest BCUT2D eigenvalue weighted by Crippen LogP contribution is 2.28. The van der Waals surface area contributed by atoms with E-state index < -0.39 is 0 Å². The van der Waals surface area contributed by atoms with Crippen LogP contribution in [0.3, 0.4) is 0 Å². The number of halogens is 1. The average molecular weight is 292 g/mol. The van der Waals surface area contributed by atoms with Crippen LogP contribution < -0.4 is 5.32 Å². The molecule has 2 rings (SSSR count). The molecule has 1 saturated carbocycles. The van der Waals surface area contributed by atoms with Crippen LogP contribution in [0, 0.1) is 11.7 Å². The predicted molar refractivity (Wildman–Crippen MR) is 86.9 cm³/mol. The lowest BCUT2D eigenvalue weighted by molar-refractivity contribution is 0.160. The van der Waals surface area contributed by atoms with E-state index in [0.29, 0.717) is 12.0 Å². The molecule has 0 aliphatic heterocycles. The maximum absolute atomic E-state index is 13.9. The molecular formula is C18H29FN2. The number of hydrogen-bond acceptors (Lipinski definition) is 2. The fraction of sp³-hybridized carbons (Fsp3) is 0.667. The lowest BCUT2D eigenvalue weighted by Crippen LogP contribution is -2.43. The number of benzene rings is 1. The van der Waals surface area contributed by atoms with Gasteiger partial charge in [0.25, 0.3) is 0 Å². The highest BCUT2D eigenvalue weighted by molar-refractivity contribution is 5.20. The zero-order chi connectivity index (χ0) is 15.2. The van der Waals surface area contributed by atoms with Gasteiger partial charge in [-0.25, -0.2) is 4.39 Å². The van der Waals surface area contributed by atoms with E-state index in [0.717, 1.165) is 18.7 Å². The Labute approximate surface area is 128 Å². The van der Waals surface area contributed by atoms with E-state index in [-0.39, 0.29) is 11.9 Å². The van der Waals surface area contributed by atoms with Crippen molar-refractivity contribution in [1.29, 1.82) is 0 Å². The van der Waals surface area contributed by atoms with Crippen molar-refractivity contribution in [2.75, 3.05) is 20.1 Å². The number of hydrogen-bond donors (Lipinski definition) is 1. The summed E-state index contributed by atoms with van der Waals surface area (Å²) in [6.45, 7) is 6.35. The Morgan fingerprint density at radius 2 is 2.00 bits per heavy atom. The molecule has 21 heavy (non-hydrogen) atoms. The minimum absolute atomic E-state index is 0.0938. The van der Waals surface area contributed by atoms with Gasteiger partial charge in [0.1, 0.15) is 5.82 Å². The Morgan fingerprint density at radius 3 is 2.71 bits per heavy atom. The lowest BCUT2D eigenvalue weighted by atomic mass is 9.83. The molecule has 1 aliphatic carbocycles. The van der Waals surface area contributed by atoms with Crippen LogP contribution in [-0.2, 0) is 0 Å². The fourth-order valence-corrected chi connectivity index (χ4v) is 3.54. The summed E-state index contributed by atoms with van der Waals surface area (Å²) in [6.07, 6.45) is 5.22. The van der Waals surface area contributed by atoms with Gasteiger partial charge in [0.15, 0.2) is 0 Å². The standard InChI is InChI=1S/C18H29FN2/c1-4-20-18-12-8-5-9-15(18)13-21(3)14(2)16-10-6-7-11-17(16)19/h6-7,10-11,14-15,18,20H,4-5,8-9,12-13H2,1-3H3. The molecule has 0 bridgehead atoms. The first-order valence-electron chi connectivity index (χ1n) is 8.31. The maximum Gasteiger partial charge on any atom is 0.127 e. The van der Waals surface area contributed by atoms with Crippen LogP contribution in [0.25, 0.3) is 0 Å². The SMILES string of the molecule is CCNC1CCCCC1CN(C)C(C)c1ccccc1F. The van der Waals surface area contributed by atoms with Gasteiger partial charge in [-0.1, -0.05) is 38.0 Å². The van der Waals surface area contributed by atoms with E-state index in [2.05, 4.69) is 31.1 Å². The molecule has 2 nitrogen and oxygen atoms in total. The largest absolute Gasteiger partial charge is 0.314 e. The first kappa shape index (κ1) is 16.4. The molecule has 0 heterocycles. The molecule has 0 amide bonds. The minimum Gasteiger partial charge on any atom is -0.314 e. The monoisotopic (exact) mass is 292 g/mol. The van der Waals surface area contributed by atoms with Crippen molar-refractivity contribution in [2.24, 2.45) is 5.92 Å². The Hall–Kier alpha value is -0.930. The highest BCUT2D eigenvalue weighted by atomic mass is 19.1. The molecule has 1 N–H and O–H groups in total. The molecule has 1 aromatic carbocycles. The summed E-state index contributed by atoms with van der Waals surface area (Å²) >= 11 is 0. The predicted octanol–water partition coefficient (Wildman–Crippen LogP) is 3.99. The number of rotatable bonds is 6. The summed E-state index contributed by atoms with van der Waals surface area (Å²) in [5, 5.41) is 3.63. The molecule has 1 aromatic rings. The van der Waals surface area contributed by atoms with Gasteiger partial charge >= 0.3 is 0 Å². The lowest BCUT2D eigenvalue weighted by Gasteiger charge is -2.37. The second-order valence-corrected chi connectivity index (χ2v) is 6.35. The minimum atomic E-state index is -0.0938. The summed E-state index contributed by atoms with van der Waals surface area (Å²) in [5.41, 5.74) is 0.802. The van der Waals surface area contributed by atoms with Gasteiger partial charge in [-0.2, -0.15) is 0 Å². The molecule has 1 aliphatic rings. The Morgan fingerprint density at radius 1 is 1.29 bits per heavy atom. The second kappa shape index (κ2) is 7.90. The third-order valence-electron chi connectivity index (χ3n) is 4.91. The summed E-state index contributed by atoms with van der Waals surface area (Å²) in [6, 6.07) is 7.88. The van der Waals surface area contributed by atoms with Gasteiger partial charge in [-0.3, -0.25) is 4.90 Å². The number of nitrogens with one attached hydrogen (secondary N) is 1. The summed E-state index contributed by atoms with van der Waals surface area (Å²) in [4.78, 5) is 2.30. The van der Waals surface area contributed by atoms with Gasteiger partial charge < -0.3 is 5.32 Å². The van der Waals surface area contributed by atoms with Crippen molar-refractivity contribution in [1.82, 2.24) is 10.2 Å². The summed E-state index contributed by atoms with van der Waals surface area (Å²) in [5.74, 6) is 0.585. The van der Waals surface area contributed by atoms with Crippen molar-refractivity contribution < 1.29 is 4.39 Å². The van der Waals surface area contributed by atoms with Crippen molar-refractivity contribution in [3.05, 3.63) is 35.6 Å². The quantitative estimate of drug-likeness (QED) is 0.853. The van der Waals surface area contributed by atoms with Gasteiger partial charge in [-0.15, -0.1) is 0 Å². The summed E-state index contributed by atoms with van der Waals surface area (Å²) in [7, 11) is 2.12. The van der Waals surface area contributed by atoms with Gasteiger partial charge in [-0.05, 0) is 45.3 Å². The van der Waals surface area contributed by atoms with E-state index in [9.17, 15) is 4.39 Å². The van der Waals surface area contributed by atoms with E-state index in [1.54, 1.807) is 12.1 Å². The highest BCUT2D eigenvalue weighted by Gasteiger charge is 2.27. The van der Waals surface area contributed by atoms with E-state index in [1.165, 1.54) is 25.7 Å². The molecule has 0 spiro atoms. The van der Waals surface area contributed by atoms with E-state index in [4.69, 9.17) is 0 Å². The van der Waals surface area contributed by atoms with Crippen molar-refractivity contribution in [3.8, 4) is 0 Å². The Bertz CT molecular complexity index is 433. The molecule has 3 unspecified atom stereocenters. The molecule has 118 valence electrons. The Kier molecular flexibility index (Phi) is 6.19. The normalized spacial score (nSPS) is 24.2. The van der Waals surface area contributed by atoms with Gasteiger partial charge in [0.2, 0.25) is 0 Å². The molecule has 0 saturated heterocycles.